The summed E-state index contributed by atoms with van der Waals surface area (Å²) in [6.07, 6.45) is 6.94. The zero-order valence-corrected chi connectivity index (χ0v) is 5.06. The lowest BCUT2D eigenvalue weighted by molar-refractivity contribution is 0.234. The molecule has 4 heteroatoms. The molecule has 1 radical (unpaired) electrons. The molecular formula is C6H4N3O. The number of urea groups is 1. The number of carbonyl (C=O) groups excluding carboxylic acids is 1. The lowest BCUT2D eigenvalue weighted by Gasteiger charge is -2.09. The molecule has 2 aliphatic rings. The molecule has 0 fully saturated rings. The summed E-state index contributed by atoms with van der Waals surface area (Å²) < 4.78 is 0. The third-order valence-corrected chi connectivity index (χ3v) is 1.28. The van der Waals surface area contributed by atoms with Crippen LogP contribution >= 0.6 is 0 Å². The van der Waals surface area contributed by atoms with Gasteiger partial charge in [0.25, 0.3) is 0 Å². The SMILES string of the molecule is O=C1[N]N=C2C=CC=CN12. The van der Waals surface area contributed by atoms with Crippen LogP contribution in [0.5, 0.6) is 0 Å². The average Bonchev–Trinajstić information content (AvgIpc) is 2.34. The molecule has 0 bridgehead atoms. The number of amidine groups is 1. The number of allylic oxidation sites excluding steroid dienone is 2. The van der Waals surface area contributed by atoms with Crippen molar-refractivity contribution in [2.75, 3.05) is 0 Å². The van der Waals surface area contributed by atoms with Gasteiger partial charge >= 0.3 is 6.03 Å². The van der Waals surface area contributed by atoms with Crippen molar-refractivity contribution in [3.63, 3.8) is 0 Å². The number of hydrogen-bond donors (Lipinski definition) is 0. The summed E-state index contributed by atoms with van der Waals surface area (Å²) in [5.41, 5.74) is 3.35. The molecule has 2 rings (SSSR count). The first-order valence-corrected chi connectivity index (χ1v) is 2.85. The highest BCUT2D eigenvalue weighted by Crippen LogP contribution is 2.07. The normalized spacial score (nSPS) is 20.6. The molecule has 49 valence electrons. The molecule has 2 aliphatic heterocycles. The van der Waals surface area contributed by atoms with Gasteiger partial charge in [-0.3, -0.25) is 0 Å². The van der Waals surface area contributed by atoms with Gasteiger partial charge in [-0.05, 0) is 12.2 Å². The predicted octanol–water partition coefficient (Wildman–Crippen LogP) is 0.423. The van der Waals surface area contributed by atoms with Crippen LogP contribution in [-0.4, -0.2) is 16.8 Å². The summed E-state index contributed by atoms with van der Waals surface area (Å²) in [7, 11) is 0. The Morgan fingerprint density at radius 2 is 2.30 bits per heavy atom. The van der Waals surface area contributed by atoms with Crippen molar-refractivity contribution in [2.45, 2.75) is 0 Å². The van der Waals surface area contributed by atoms with E-state index in [0.717, 1.165) is 0 Å². The van der Waals surface area contributed by atoms with Gasteiger partial charge in [0.2, 0.25) is 0 Å². The van der Waals surface area contributed by atoms with Crippen LogP contribution in [0.2, 0.25) is 0 Å². The Balaban J connectivity index is 2.39. The molecular weight excluding hydrogens is 130 g/mol. The van der Waals surface area contributed by atoms with E-state index in [4.69, 9.17) is 0 Å². The van der Waals surface area contributed by atoms with E-state index in [9.17, 15) is 4.79 Å². The number of nitrogens with zero attached hydrogens (tertiary/aromatic N) is 3. The van der Waals surface area contributed by atoms with Gasteiger partial charge in [0.1, 0.15) is 0 Å². The minimum Gasteiger partial charge on any atom is -0.249 e. The second-order valence-electron chi connectivity index (χ2n) is 1.91. The summed E-state index contributed by atoms with van der Waals surface area (Å²) in [5, 5.41) is 3.62. The minimum absolute atomic E-state index is 0.324. The van der Waals surface area contributed by atoms with Crippen LogP contribution in [0.25, 0.3) is 0 Å². The number of fused-ring (bicyclic) bond motifs is 1. The molecule has 10 heavy (non-hydrogen) atoms. The standard InChI is InChI=1S/C6H4N3O/c10-6-8-7-5-3-1-2-4-9(5)6/h1-4H. The van der Waals surface area contributed by atoms with Crippen LogP contribution in [-0.2, 0) is 0 Å². The highest BCUT2D eigenvalue weighted by atomic mass is 16.2. The van der Waals surface area contributed by atoms with Crippen molar-refractivity contribution < 1.29 is 4.79 Å². The summed E-state index contributed by atoms with van der Waals surface area (Å²) in [6, 6.07) is -0.324. The van der Waals surface area contributed by atoms with Crippen LogP contribution in [0.3, 0.4) is 0 Å². The van der Waals surface area contributed by atoms with Crippen LogP contribution in [0, 0.1) is 0 Å². The average molecular weight is 134 g/mol. The maximum Gasteiger partial charge on any atom is 0.372 e. The van der Waals surface area contributed by atoms with Gasteiger partial charge in [0.05, 0.1) is 0 Å². The van der Waals surface area contributed by atoms with Gasteiger partial charge < -0.3 is 0 Å². The molecule has 0 aliphatic carbocycles. The van der Waals surface area contributed by atoms with E-state index in [1.54, 1.807) is 18.4 Å². The Morgan fingerprint density at radius 1 is 1.40 bits per heavy atom. The van der Waals surface area contributed by atoms with Gasteiger partial charge in [-0.1, -0.05) is 11.5 Å². The van der Waals surface area contributed by atoms with E-state index in [0.29, 0.717) is 5.84 Å². The van der Waals surface area contributed by atoms with Gasteiger partial charge in [-0.25, -0.2) is 9.69 Å². The Labute approximate surface area is 57.5 Å². The molecule has 0 aromatic carbocycles. The Hall–Kier alpha value is -1.58. The molecule has 0 aromatic rings. The molecule has 2 heterocycles. The fourth-order valence-electron chi connectivity index (χ4n) is 0.819. The van der Waals surface area contributed by atoms with Gasteiger partial charge in [-0.15, -0.1) is 5.10 Å². The summed E-state index contributed by atoms with van der Waals surface area (Å²) in [4.78, 5) is 12.2. The first-order chi connectivity index (χ1) is 4.88. The number of rotatable bonds is 0. The van der Waals surface area contributed by atoms with Crippen molar-refractivity contribution >= 4 is 11.9 Å². The maximum atomic E-state index is 10.8. The first kappa shape index (κ1) is 5.22. The third-order valence-electron chi connectivity index (χ3n) is 1.28. The number of carbonyl (C=O) groups is 1. The first-order valence-electron chi connectivity index (χ1n) is 2.85. The number of amides is 2. The van der Waals surface area contributed by atoms with Gasteiger partial charge in [0.15, 0.2) is 5.84 Å². The summed E-state index contributed by atoms with van der Waals surface area (Å²) in [5.74, 6) is 0.590. The Morgan fingerprint density at radius 3 is 3.10 bits per heavy atom. The highest BCUT2D eigenvalue weighted by Gasteiger charge is 2.23. The van der Waals surface area contributed by atoms with Crippen molar-refractivity contribution in [1.82, 2.24) is 10.3 Å². The highest BCUT2D eigenvalue weighted by molar-refractivity contribution is 6.08. The van der Waals surface area contributed by atoms with Gasteiger partial charge in [0, 0.05) is 6.20 Å². The minimum atomic E-state index is -0.324. The van der Waals surface area contributed by atoms with Crippen molar-refractivity contribution in [2.24, 2.45) is 5.10 Å². The molecule has 0 aromatic heterocycles. The van der Waals surface area contributed by atoms with Gasteiger partial charge in [-0.2, -0.15) is 0 Å². The lowest BCUT2D eigenvalue weighted by atomic mass is 10.3. The van der Waals surface area contributed by atoms with E-state index in [1.165, 1.54) is 4.90 Å². The Bertz CT molecular complexity index is 264. The quantitative estimate of drug-likeness (QED) is 0.473. The Kier molecular flexibility index (Phi) is 0.887. The van der Waals surface area contributed by atoms with Crippen molar-refractivity contribution in [3.8, 4) is 0 Å². The smallest absolute Gasteiger partial charge is 0.249 e. The second kappa shape index (κ2) is 1.70. The van der Waals surface area contributed by atoms with Crippen molar-refractivity contribution in [3.05, 3.63) is 24.4 Å². The largest absolute Gasteiger partial charge is 0.372 e. The van der Waals surface area contributed by atoms with Crippen LogP contribution < -0.4 is 5.43 Å². The molecule has 0 saturated carbocycles. The molecule has 0 saturated heterocycles. The lowest BCUT2D eigenvalue weighted by Crippen LogP contribution is -2.27. The van der Waals surface area contributed by atoms with E-state index in [2.05, 4.69) is 10.5 Å². The molecule has 4 nitrogen and oxygen atoms in total. The summed E-state index contributed by atoms with van der Waals surface area (Å²) in [6.45, 7) is 0. The van der Waals surface area contributed by atoms with Crippen LogP contribution in [0.1, 0.15) is 0 Å². The topological polar surface area (TPSA) is 46.8 Å². The summed E-state index contributed by atoms with van der Waals surface area (Å²) >= 11 is 0. The maximum absolute atomic E-state index is 10.8. The van der Waals surface area contributed by atoms with E-state index >= 15 is 0 Å². The van der Waals surface area contributed by atoms with E-state index < -0.39 is 0 Å². The fraction of sp³-hybridized carbons (Fsp3) is 0. The van der Waals surface area contributed by atoms with Crippen LogP contribution in [0.4, 0.5) is 4.79 Å². The second-order valence-corrected chi connectivity index (χ2v) is 1.91. The van der Waals surface area contributed by atoms with E-state index in [1.807, 2.05) is 6.08 Å². The van der Waals surface area contributed by atoms with E-state index in [-0.39, 0.29) is 6.03 Å². The molecule has 0 unspecified atom stereocenters. The predicted molar refractivity (Wildman–Crippen MR) is 35.1 cm³/mol. The molecule has 0 spiro atoms. The zero-order valence-electron chi connectivity index (χ0n) is 5.06. The van der Waals surface area contributed by atoms with Crippen molar-refractivity contribution in [1.29, 1.82) is 0 Å². The number of hydrogen-bond acceptors (Lipinski definition) is 2. The third kappa shape index (κ3) is 0.556. The zero-order chi connectivity index (χ0) is 6.97. The molecule has 0 N–H and O–H groups in total. The van der Waals surface area contributed by atoms with Crippen LogP contribution in [0.15, 0.2) is 29.5 Å². The monoisotopic (exact) mass is 134 g/mol. The molecule has 0 atom stereocenters. The molecule has 2 amide bonds. The fourth-order valence-corrected chi connectivity index (χ4v) is 0.819.